The summed E-state index contributed by atoms with van der Waals surface area (Å²) in [7, 11) is 0. The Kier molecular flexibility index (Phi) is 27.6. The lowest BCUT2D eigenvalue weighted by Gasteiger charge is -2.13. The van der Waals surface area contributed by atoms with Crippen LogP contribution in [-0.2, 0) is 0 Å². The highest BCUT2D eigenvalue weighted by Crippen LogP contribution is 2.22. The van der Waals surface area contributed by atoms with Gasteiger partial charge in [-0.1, -0.05) is 202 Å². The van der Waals surface area contributed by atoms with Crippen LogP contribution in [0.15, 0.2) is 0 Å². The van der Waals surface area contributed by atoms with Gasteiger partial charge in [0.2, 0.25) is 0 Å². The van der Waals surface area contributed by atoms with Crippen LogP contribution in [0.25, 0.3) is 0 Å². The highest BCUT2D eigenvalue weighted by Gasteiger charge is 2.05. The first-order chi connectivity index (χ1) is 16.6. The molecule has 0 fully saturated rings. The van der Waals surface area contributed by atoms with Gasteiger partial charge in [0.25, 0.3) is 0 Å². The smallest absolute Gasteiger partial charge is 0.0443 e. The molecule has 0 aliphatic rings. The van der Waals surface area contributed by atoms with Crippen LogP contribution >= 0.6 is 0 Å². The molecule has 0 aromatic heterocycles. The van der Waals surface area contributed by atoms with Crippen molar-refractivity contribution in [2.75, 3.05) is 0 Å². The summed E-state index contributed by atoms with van der Waals surface area (Å²) < 4.78 is 0. The van der Waals surface area contributed by atoms with E-state index in [2.05, 4.69) is 34.6 Å². The first kappa shape index (κ1) is 34.0. The van der Waals surface area contributed by atoms with E-state index in [0.29, 0.717) is 0 Å². The maximum Gasteiger partial charge on any atom is -0.0443 e. The van der Waals surface area contributed by atoms with Crippen molar-refractivity contribution < 1.29 is 0 Å². The van der Waals surface area contributed by atoms with Crippen LogP contribution in [-0.4, -0.2) is 0 Å². The molecule has 0 heteroatoms. The number of hydrogen-bond donors (Lipinski definition) is 0. The minimum atomic E-state index is 0.958. The summed E-state index contributed by atoms with van der Waals surface area (Å²) >= 11 is 0. The van der Waals surface area contributed by atoms with E-state index in [1.54, 1.807) is 0 Å². The molecule has 34 heavy (non-hydrogen) atoms. The molecule has 0 amide bonds. The van der Waals surface area contributed by atoms with Gasteiger partial charge in [0.15, 0.2) is 0 Å². The van der Waals surface area contributed by atoms with E-state index in [9.17, 15) is 0 Å². The van der Waals surface area contributed by atoms with Crippen LogP contribution in [0.3, 0.4) is 0 Å². The van der Waals surface area contributed by atoms with Crippen LogP contribution in [0, 0.1) is 17.8 Å². The minimum Gasteiger partial charge on any atom is -0.0654 e. The molecular formula is C34H70. The lowest BCUT2D eigenvalue weighted by molar-refractivity contribution is 0.406. The maximum absolute atomic E-state index is 2.50. The highest BCUT2D eigenvalue weighted by atomic mass is 14.1. The maximum atomic E-state index is 2.50. The molecule has 3 unspecified atom stereocenters. The van der Waals surface area contributed by atoms with E-state index in [-0.39, 0.29) is 0 Å². The third kappa shape index (κ3) is 26.6. The second-order valence-corrected chi connectivity index (χ2v) is 12.4. The molecule has 0 aliphatic heterocycles. The molecule has 206 valence electrons. The Balaban J connectivity index is 3.31. The summed E-state index contributed by atoms with van der Waals surface area (Å²) in [5.41, 5.74) is 0. The summed E-state index contributed by atoms with van der Waals surface area (Å²) in [6.45, 7) is 12.1. The Morgan fingerprint density at radius 2 is 0.441 bits per heavy atom. The molecule has 0 bridgehead atoms. The summed E-state index contributed by atoms with van der Waals surface area (Å²) in [4.78, 5) is 0. The zero-order valence-electron chi connectivity index (χ0n) is 25.1. The summed E-state index contributed by atoms with van der Waals surface area (Å²) in [6.07, 6.45) is 38.0. The SMILES string of the molecule is CCCCCCCC(C)CCCCCCCCCC(C)CCCCCC(C)CCCCCCC. The molecule has 0 radical (unpaired) electrons. The average molecular weight is 479 g/mol. The average Bonchev–Trinajstić information content (AvgIpc) is 2.82. The van der Waals surface area contributed by atoms with Gasteiger partial charge in [-0.3, -0.25) is 0 Å². The Morgan fingerprint density at radius 1 is 0.265 bits per heavy atom. The molecule has 0 rings (SSSR count). The molecule has 0 aromatic carbocycles. The van der Waals surface area contributed by atoms with Crippen LogP contribution < -0.4 is 0 Å². The largest absolute Gasteiger partial charge is 0.0654 e. The van der Waals surface area contributed by atoms with Gasteiger partial charge in [-0.15, -0.1) is 0 Å². The van der Waals surface area contributed by atoms with Crippen molar-refractivity contribution in [3.63, 3.8) is 0 Å². The quantitative estimate of drug-likeness (QED) is 0.0980. The van der Waals surface area contributed by atoms with Gasteiger partial charge in [-0.2, -0.15) is 0 Å². The van der Waals surface area contributed by atoms with Crippen LogP contribution in [0.4, 0.5) is 0 Å². The van der Waals surface area contributed by atoms with E-state index >= 15 is 0 Å². The second kappa shape index (κ2) is 27.6. The number of unbranched alkanes of at least 4 members (excludes halogenated alkanes) is 16. The zero-order chi connectivity index (χ0) is 25.1. The molecule has 0 aliphatic carbocycles. The monoisotopic (exact) mass is 479 g/mol. The Bertz CT molecular complexity index is 359. The lowest BCUT2D eigenvalue weighted by atomic mass is 9.93. The Morgan fingerprint density at radius 3 is 0.676 bits per heavy atom. The third-order valence-corrected chi connectivity index (χ3v) is 8.39. The van der Waals surface area contributed by atoms with E-state index in [4.69, 9.17) is 0 Å². The van der Waals surface area contributed by atoms with Gasteiger partial charge < -0.3 is 0 Å². The normalized spacial score (nSPS) is 14.4. The van der Waals surface area contributed by atoms with Gasteiger partial charge in [-0.05, 0) is 17.8 Å². The molecule has 0 nitrogen and oxygen atoms in total. The number of hydrogen-bond acceptors (Lipinski definition) is 0. The molecule has 0 heterocycles. The molecule has 0 aromatic rings. The fourth-order valence-electron chi connectivity index (χ4n) is 5.66. The van der Waals surface area contributed by atoms with E-state index < -0.39 is 0 Å². The molecule has 3 atom stereocenters. The summed E-state index contributed by atoms with van der Waals surface area (Å²) in [5.74, 6) is 2.88. The molecular weight excluding hydrogens is 408 g/mol. The molecule has 0 N–H and O–H groups in total. The predicted molar refractivity (Wildman–Crippen MR) is 159 cm³/mol. The zero-order valence-corrected chi connectivity index (χ0v) is 25.1. The molecule has 0 spiro atoms. The van der Waals surface area contributed by atoms with Crippen LogP contribution in [0.5, 0.6) is 0 Å². The van der Waals surface area contributed by atoms with Crippen molar-refractivity contribution in [1.29, 1.82) is 0 Å². The predicted octanol–water partition coefficient (Wildman–Crippen LogP) is 13.1. The van der Waals surface area contributed by atoms with E-state index in [1.807, 2.05) is 0 Å². The van der Waals surface area contributed by atoms with E-state index in [1.165, 1.54) is 167 Å². The first-order valence-electron chi connectivity index (χ1n) is 16.6. The minimum absolute atomic E-state index is 0.958. The van der Waals surface area contributed by atoms with Gasteiger partial charge >= 0.3 is 0 Å². The van der Waals surface area contributed by atoms with Crippen molar-refractivity contribution >= 4 is 0 Å². The van der Waals surface area contributed by atoms with E-state index in [0.717, 1.165) is 17.8 Å². The standard InChI is InChI=1S/C34H70/c1-6-8-10-15-20-26-32(3)28-22-17-13-12-14-18-23-29-34(5)31-25-19-24-30-33(4)27-21-16-11-9-7-2/h32-34H,6-31H2,1-5H3. The van der Waals surface area contributed by atoms with Gasteiger partial charge in [0.1, 0.15) is 0 Å². The third-order valence-electron chi connectivity index (χ3n) is 8.39. The van der Waals surface area contributed by atoms with Gasteiger partial charge in [0.05, 0.1) is 0 Å². The number of rotatable bonds is 28. The highest BCUT2D eigenvalue weighted by molar-refractivity contribution is 4.59. The van der Waals surface area contributed by atoms with Crippen molar-refractivity contribution in [2.45, 2.75) is 202 Å². The summed E-state index contributed by atoms with van der Waals surface area (Å²) in [5, 5.41) is 0. The van der Waals surface area contributed by atoms with Crippen molar-refractivity contribution in [2.24, 2.45) is 17.8 Å². The van der Waals surface area contributed by atoms with Crippen molar-refractivity contribution in [3.05, 3.63) is 0 Å². The first-order valence-corrected chi connectivity index (χ1v) is 16.6. The fraction of sp³-hybridized carbons (Fsp3) is 1.00. The molecule has 0 saturated heterocycles. The fourth-order valence-corrected chi connectivity index (χ4v) is 5.66. The van der Waals surface area contributed by atoms with Gasteiger partial charge in [0, 0.05) is 0 Å². The van der Waals surface area contributed by atoms with Crippen molar-refractivity contribution in [3.8, 4) is 0 Å². The summed E-state index contributed by atoms with van der Waals surface area (Å²) in [6, 6.07) is 0. The molecule has 0 saturated carbocycles. The van der Waals surface area contributed by atoms with Crippen LogP contribution in [0.2, 0.25) is 0 Å². The topological polar surface area (TPSA) is 0 Å². The Hall–Kier alpha value is 0. The van der Waals surface area contributed by atoms with Crippen LogP contribution in [0.1, 0.15) is 202 Å². The Labute approximate surface area is 219 Å². The van der Waals surface area contributed by atoms with Gasteiger partial charge in [-0.25, -0.2) is 0 Å². The second-order valence-electron chi connectivity index (χ2n) is 12.4. The lowest BCUT2D eigenvalue weighted by Crippen LogP contribution is -1.97. The van der Waals surface area contributed by atoms with Crippen molar-refractivity contribution in [1.82, 2.24) is 0 Å².